The molecule has 0 radical (unpaired) electrons. The summed E-state index contributed by atoms with van der Waals surface area (Å²) >= 11 is 2.26. The Kier molecular flexibility index (Phi) is 3.11. The first-order valence-electron chi connectivity index (χ1n) is 4.70. The van der Waals surface area contributed by atoms with Gasteiger partial charge in [-0.25, -0.2) is 0 Å². The zero-order valence-electron chi connectivity index (χ0n) is 8.27. The largest absolute Gasteiger partial charge is 0.458 e. The molecule has 0 aliphatic carbocycles. The van der Waals surface area contributed by atoms with Crippen molar-refractivity contribution < 1.29 is 9.52 Å². The quantitative estimate of drug-likeness (QED) is 0.859. The van der Waals surface area contributed by atoms with Gasteiger partial charge >= 0.3 is 0 Å². The van der Waals surface area contributed by atoms with E-state index in [9.17, 15) is 5.11 Å². The molecule has 0 aliphatic heterocycles. The number of halogens is 1. The lowest BCUT2D eigenvalue weighted by Crippen LogP contribution is -1.85. The number of benzene rings is 1. The number of rotatable bonds is 2. The Balaban J connectivity index is 2.33. The van der Waals surface area contributed by atoms with Crippen molar-refractivity contribution in [3.8, 4) is 11.3 Å². The Morgan fingerprint density at radius 1 is 1.13 bits per heavy atom. The van der Waals surface area contributed by atoms with Crippen molar-refractivity contribution in [2.75, 3.05) is 0 Å². The molecule has 0 bridgehead atoms. The number of hydrogen-bond acceptors (Lipinski definition) is 2. The molecule has 15 heavy (non-hydrogen) atoms. The molecule has 2 aromatic rings. The molecular formula is C12H11IO2. The van der Waals surface area contributed by atoms with Gasteiger partial charge in [-0.2, -0.15) is 0 Å². The SMILES string of the molecule is CC(O)c1ccc(-c2ccc(I)cc2)o1. The zero-order chi connectivity index (χ0) is 10.8. The van der Waals surface area contributed by atoms with Crippen LogP contribution in [0.3, 0.4) is 0 Å². The lowest BCUT2D eigenvalue weighted by molar-refractivity contribution is 0.170. The fourth-order valence-electron chi connectivity index (χ4n) is 1.35. The van der Waals surface area contributed by atoms with Crippen LogP contribution >= 0.6 is 22.6 Å². The van der Waals surface area contributed by atoms with Crippen LogP contribution in [-0.4, -0.2) is 5.11 Å². The molecule has 0 aliphatic rings. The number of furan rings is 1. The summed E-state index contributed by atoms with van der Waals surface area (Å²) in [5, 5.41) is 9.33. The highest BCUT2D eigenvalue weighted by atomic mass is 127. The smallest absolute Gasteiger partial charge is 0.134 e. The summed E-state index contributed by atoms with van der Waals surface area (Å²) in [6, 6.07) is 11.8. The van der Waals surface area contributed by atoms with Gasteiger partial charge in [-0.05, 0) is 53.8 Å². The third-order valence-corrected chi connectivity index (χ3v) is 2.89. The van der Waals surface area contributed by atoms with E-state index in [1.165, 1.54) is 3.57 Å². The van der Waals surface area contributed by atoms with Gasteiger partial charge in [0.05, 0.1) is 0 Å². The summed E-state index contributed by atoms with van der Waals surface area (Å²) < 4.78 is 6.71. The Morgan fingerprint density at radius 3 is 2.33 bits per heavy atom. The highest BCUT2D eigenvalue weighted by Crippen LogP contribution is 2.25. The molecule has 0 saturated carbocycles. The summed E-state index contributed by atoms with van der Waals surface area (Å²) in [6.45, 7) is 1.69. The van der Waals surface area contributed by atoms with Crippen LogP contribution in [0, 0.1) is 3.57 Å². The van der Waals surface area contributed by atoms with Gasteiger partial charge in [0.1, 0.15) is 17.6 Å². The third-order valence-electron chi connectivity index (χ3n) is 2.17. The molecule has 0 saturated heterocycles. The Bertz CT molecular complexity index is 443. The maximum absolute atomic E-state index is 9.33. The van der Waals surface area contributed by atoms with Crippen molar-refractivity contribution in [1.82, 2.24) is 0 Å². The number of hydrogen-bond donors (Lipinski definition) is 1. The molecule has 0 fully saturated rings. The summed E-state index contributed by atoms with van der Waals surface area (Å²) in [4.78, 5) is 0. The molecule has 1 aromatic heterocycles. The molecule has 1 aromatic carbocycles. The van der Waals surface area contributed by atoms with Crippen LogP contribution in [0.5, 0.6) is 0 Å². The highest BCUT2D eigenvalue weighted by Gasteiger charge is 2.08. The second-order valence-electron chi connectivity index (χ2n) is 3.38. The van der Waals surface area contributed by atoms with Gasteiger partial charge in [0, 0.05) is 9.13 Å². The van der Waals surface area contributed by atoms with Crippen LogP contribution in [-0.2, 0) is 0 Å². The minimum Gasteiger partial charge on any atom is -0.458 e. The van der Waals surface area contributed by atoms with Crippen molar-refractivity contribution in [2.45, 2.75) is 13.0 Å². The van der Waals surface area contributed by atoms with E-state index in [1.54, 1.807) is 13.0 Å². The zero-order valence-corrected chi connectivity index (χ0v) is 10.4. The monoisotopic (exact) mass is 314 g/mol. The van der Waals surface area contributed by atoms with Crippen molar-refractivity contribution in [1.29, 1.82) is 0 Å². The van der Waals surface area contributed by atoms with Crippen molar-refractivity contribution in [3.05, 3.63) is 45.7 Å². The summed E-state index contributed by atoms with van der Waals surface area (Å²) in [5.74, 6) is 1.39. The van der Waals surface area contributed by atoms with Crippen molar-refractivity contribution in [3.63, 3.8) is 0 Å². The van der Waals surface area contributed by atoms with E-state index in [2.05, 4.69) is 22.6 Å². The first-order chi connectivity index (χ1) is 7.16. The summed E-state index contributed by atoms with van der Waals surface area (Å²) in [7, 11) is 0. The summed E-state index contributed by atoms with van der Waals surface area (Å²) in [5.41, 5.74) is 1.03. The maximum atomic E-state index is 9.33. The number of aliphatic hydroxyl groups excluding tert-OH is 1. The minimum atomic E-state index is -0.553. The first kappa shape index (κ1) is 10.7. The van der Waals surface area contributed by atoms with Gasteiger partial charge in [0.2, 0.25) is 0 Å². The average Bonchev–Trinajstić information content (AvgIpc) is 2.68. The van der Waals surface area contributed by atoms with E-state index in [-0.39, 0.29) is 0 Å². The van der Waals surface area contributed by atoms with Crippen LogP contribution in [0.25, 0.3) is 11.3 Å². The Hall–Kier alpha value is -0.810. The molecule has 1 N–H and O–H groups in total. The van der Waals surface area contributed by atoms with Crippen LogP contribution in [0.15, 0.2) is 40.8 Å². The van der Waals surface area contributed by atoms with Gasteiger partial charge in [-0.3, -0.25) is 0 Å². The number of aliphatic hydroxyl groups is 1. The van der Waals surface area contributed by atoms with Crippen LogP contribution in [0.1, 0.15) is 18.8 Å². The van der Waals surface area contributed by atoms with Gasteiger partial charge in [0.25, 0.3) is 0 Å². The molecule has 3 heteroatoms. The lowest BCUT2D eigenvalue weighted by atomic mass is 10.2. The van der Waals surface area contributed by atoms with Gasteiger partial charge in [0.15, 0.2) is 0 Å². The Morgan fingerprint density at radius 2 is 1.80 bits per heavy atom. The molecule has 0 amide bonds. The summed E-state index contributed by atoms with van der Waals surface area (Å²) in [6.07, 6.45) is -0.553. The lowest BCUT2D eigenvalue weighted by Gasteiger charge is -1.99. The average molecular weight is 314 g/mol. The maximum Gasteiger partial charge on any atom is 0.134 e. The van der Waals surface area contributed by atoms with E-state index < -0.39 is 6.10 Å². The second kappa shape index (κ2) is 4.37. The molecule has 78 valence electrons. The third kappa shape index (κ3) is 2.41. The molecule has 2 rings (SSSR count). The van der Waals surface area contributed by atoms with E-state index in [0.29, 0.717) is 5.76 Å². The topological polar surface area (TPSA) is 33.4 Å². The van der Waals surface area contributed by atoms with E-state index in [1.807, 2.05) is 30.3 Å². The standard InChI is InChI=1S/C12H11IO2/c1-8(14)11-6-7-12(15-11)9-2-4-10(13)5-3-9/h2-8,14H,1H3. The van der Waals surface area contributed by atoms with Crippen molar-refractivity contribution >= 4 is 22.6 Å². The Labute approximate surface area is 102 Å². The van der Waals surface area contributed by atoms with E-state index in [4.69, 9.17) is 4.42 Å². The fourth-order valence-corrected chi connectivity index (χ4v) is 1.71. The van der Waals surface area contributed by atoms with Crippen molar-refractivity contribution in [2.24, 2.45) is 0 Å². The van der Waals surface area contributed by atoms with E-state index in [0.717, 1.165) is 11.3 Å². The van der Waals surface area contributed by atoms with Gasteiger partial charge in [-0.1, -0.05) is 12.1 Å². The molecule has 1 unspecified atom stereocenters. The molecule has 1 atom stereocenters. The predicted molar refractivity (Wildman–Crippen MR) is 67.5 cm³/mol. The van der Waals surface area contributed by atoms with Crippen LogP contribution in [0.4, 0.5) is 0 Å². The van der Waals surface area contributed by atoms with Crippen LogP contribution in [0.2, 0.25) is 0 Å². The molecular weight excluding hydrogens is 303 g/mol. The minimum absolute atomic E-state index is 0.553. The van der Waals surface area contributed by atoms with E-state index >= 15 is 0 Å². The van der Waals surface area contributed by atoms with Gasteiger partial charge in [-0.15, -0.1) is 0 Å². The fraction of sp³-hybridized carbons (Fsp3) is 0.167. The molecule has 1 heterocycles. The van der Waals surface area contributed by atoms with Gasteiger partial charge < -0.3 is 9.52 Å². The van der Waals surface area contributed by atoms with Crippen LogP contribution < -0.4 is 0 Å². The second-order valence-corrected chi connectivity index (χ2v) is 4.63. The normalized spacial score (nSPS) is 12.7. The molecule has 0 spiro atoms. The highest BCUT2D eigenvalue weighted by molar-refractivity contribution is 14.1. The molecule has 2 nitrogen and oxygen atoms in total. The predicted octanol–water partition coefficient (Wildman–Crippen LogP) is 3.60. The first-order valence-corrected chi connectivity index (χ1v) is 5.78.